The number of ether oxygens (including phenoxy) is 2. The van der Waals surface area contributed by atoms with Gasteiger partial charge in [0.2, 0.25) is 0 Å². The number of rotatable bonds is 13. The molecule has 0 atom stereocenters. The summed E-state index contributed by atoms with van der Waals surface area (Å²) < 4.78 is 11.4. The summed E-state index contributed by atoms with van der Waals surface area (Å²) in [5, 5.41) is 0. The highest BCUT2D eigenvalue weighted by molar-refractivity contribution is 5.89. The van der Waals surface area contributed by atoms with Gasteiger partial charge in [-0.15, -0.1) is 0 Å². The fraction of sp³-hybridized carbons (Fsp3) is 0.321. The predicted molar refractivity (Wildman–Crippen MR) is 126 cm³/mol. The van der Waals surface area contributed by atoms with Crippen molar-refractivity contribution in [3.8, 4) is 16.9 Å². The summed E-state index contributed by atoms with van der Waals surface area (Å²) in [5.74, 6) is 0.730. The van der Waals surface area contributed by atoms with Crippen molar-refractivity contribution in [1.29, 1.82) is 0 Å². The van der Waals surface area contributed by atoms with Crippen molar-refractivity contribution in [2.24, 2.45) is 0 Å². The lowest BCUT2D eigenvalue weighted by molar-refractivity contribution is 0.0497. The van der Waals surface area contributed by atoms with Gasteiger partial charge in [0.1, 0.15) is 5.75 Å². The first-order valence-corrected chi connectivity index (χ1v) is 11.3. The zero-order valence-electron chi connectivity index (χ0n) is 18.2. The van der Waals surface area contributed by atoms with Crippen molar-refractivity contribution in [3.05, 3.63) is 90.5 Å². The van der Waals surface area contributed by atoms with Crippen LogP contribution in [-0.4, -0.2) is 19.2 Å². The minimum Gasteiger partial charge on any atom is -0.493 e. The van der Waals surface area contributed by atoms with Gasteiger partial charge in [-0.05, 0) is 36.6 Å². The molecule has 0 N–H and O–H groups in total. The van der Waals surface area contributed by atoms with Crippen LogP contribution in [-0.2, 0) is 4.74 Å². The maximum atomic E-state index is 11.9. The quantitative estimate of drug-likeness (QED) is 0.216. The van der Waals surface area contributed by atoms with Gasteiger partial charge in [0.05, 0.1) is 18.8 Å². The Kier molecular flexibility index (Phi) is 9.68. The van der Waals surface area contributed by atoms with Gasteiger partial charge in [-0.3, -0.25) is 0 Å². The summed E-state index contributed by atoms with van der Waals surface area (Å²) in [6.45, 7) is 1.25. The molecule has 0 saturated heterocycles. The summed E-state index contributed by atoms with van der Waals surface area (Å²) in [7, 11) is 0. The molecule has 0 fully saturated rings. The maximum absolute atomic E-state index is 11.9. The van der Waals surface area contributed by atoms with Crippen molar-refractivity contribution < 1.29 is 14.3 Å². The molecule has 162 valence electrons. The Bertz CT molecular complexity index is 890. The lowest BCUT2D eigenvalue weighted by Crippen LogP contribution is -2.06. The van der Waals surface area contributed by atoms with Crippen LogP contribution in [0.3, 0.4) is 0 Å². The average Bonchev–Trinajstić information content (AvgIpc) is 2.83. The molecule has 0 spiro atoms. The van der Waals surface area contributed by atoms with E-state index in [1.807, 2.05) is 36.4 Å². The zero-order valence-corrected chi connectivity index (χ0v) is 18.2. The summed E-state index contributed by atoms with van der Waals surface area (Å²) >= 11 is 0. The van der Waals surface area contributed by atoms with Gasteiger partial charge in [-0.25, -0.2) is 4.79 Å². The van der Waals surface area contributed by atoms with E-state index >= 15 is 0 Å². The molecule has 0 heterocycles. The molecule has 0 aliphatic rings. The Hall–Kier alpha value is -3.07. The second kappa shape index (κ2) is 13.3. The van der Waals surface area contributed by atoms with Crippen LogP contribution >= 0.6 is 0 Å². The van der Waals surface area contributed by atoms with Crippen LogP contribution < -0.4 is 4.74 Å². The molecule has 3 nitrogen and oxygen atoms in total. The number of hydrogen-bond acceptors (Lipinski definition) is 3. The summed E-state index contributed by atoms with van der Waals surface area (Å²) in [6, 6.07) is 27.8. The Balaban J connectivity index is 1.21. The monoisotopic (exact) mass is 416 g/mol. The fourth-order valence-electron chi connectivity index (χ4n) is 3.54. The third kappa shape index (κ3) is 7.93. The summed E-state index contributed by atoms with van der Waals surface area (Å²) in [4.78, 5) is 11.9. The smallest absolute Gasteiger partial charge is 0.338 e. The summed E-state index contributed by atoms with van der Waals surface area (Å²) in [6.07, 6.45) is 7.89. The highest BCUT2D eigenvalue weighted by Crippen LogP contribution is 2.29. The van der Waals surface area contributed by atoms with Gasteiger partial charge in [-0.2, -0.15) is 0 Å². The van der Waals surface area contributed by atoms with Crippen LogP contribution in [0.25, 0.3) is 11.1 Å². The average molecular weight is 417 g/mol. The normalized spacial score (nSPS) is 10.6. The molecule has 3 heteroatoms. The fourth-order valence-corrected chi connectivity index (χ4v) is 3.54. The lowest BCUT2D eigenvalue weighted by Gasteiger charge is -2.11. The first kappa shape index (κ1) is 22.6. The third-order valence-corrected chi connectivity index (χ3v) is 5.26. The van der Waals surface area contributed by atoms with Crippen LogP contribution in [0, 0.1) is 0 Å². The van der Waals surface area contributed by atoms with Crippen LogP contribution in [0.15, 0.2) is 84.9 Å². The van der Waals surface area contributed by atoms with E-state index in [2.05, 4.69) is 36.4 Å². The van der Waals surface area contributed by atoms with E-state index in [-0.39, 0.29) is 5.97 Å². The first-order valence-electron chi connectivity index (χ1n) is 11.3. The van der Waals surface area contributed by atoms with Crippen molar-refractivity contribution in [1.82, 2.24) is 0 Å². The number of esters is 1. The third-order valence-electron chi connectivity index (χ3n) is 5.26. The largest absolute Gasteiger partial charge is 0.493 e. The molecule has 0 aliphatic carbocycles. The van der Waals surface area contributed by atoms with Gasteiger partial charge in [-0.1, -0.05) is 98.8 Å². The van der Waals surface area contributed by atoms with Crippen molar-refractivity contribution in [2.45, 2.75) is 44.9 Å². The van der Waals surface area contributed by atoms with E-state index in [0.717, 1.165) is 37.2 Å². The number of unbranched alkanes of at least 4 members (excludes halogenated alkanes) is 6. The molecular weight excluding hydrogens is 384 g/mol. The van der Waals surface area contributed by atoms with E-state index in [4.69, 9.17) is 9.47 Å². The molecule has 0 saturated carbocycles. The van der Waals surface area contributed by atoms with Crippen molar-refractivity contribution in [3.63, 3.8) is 0 Å². The molecule has 0 aromatic heterocycles. The molecular formula is C28H32O3. The number of carbonyl (C=O) groups is 1. The lowest BCUT2D eigenvalue weighted by atomic mass is 10.0. The Morgan fingerprint density at radius 3 is 1.84 bits per heavy atom. The zero-order chi connectivity index (χ0) is 21.6. The molecule has 3 aromatic carbocycles. The topological polar surface area (TPSA) is 35.5 Å². The van der Waals surface area contributed by atoms with Gasteiger partial charge >= 0.3 is 5.97 Å². The van der Waals surface area contributed by atoms with E-state index in [0.29, 0.717) is 12.2 Å². The van der Waals surface area contributed by atoms with Crippen molar-refractivity contribution >= 4 is 5.97 Å². The van der Waals surface area contributed by atoms with Gasteiger partial charge in [0.25, 0.3) is 0 Å². The number of para-hydroxylation sites is 1. The number of carbonyl (C=O) groups excluding carboxylic acids is 1. The maximum Gasteiger partial charge on any atom is 0.338 e. The van der Waals surface area contributed by atoms with Gasteiger partial charge in [0, 0.05) is 5.56 Å². The first-order chi connectivity index (χ1) is 15.3. The SMILES string of the molecule is O=C(OCCCCCCCCCOc1ccccc1-c1ccccc1)c1ccccc1. The highest BCUT2D eigenvalue weighted by Gasteiger charge is 2.06. The molecule has 0 aliphatic heterocycles. The molecule has 0 unspecified atom stereocenters. The van der Waals surface area contributed by atoms with E-state index in [1.165, 1.54) is 31.2 Å². The minimum atomic E-state index is -0.227. The number of hydrogen-bond donors (Lipinski definition) is 0. The van der Waals surface area contributed by atoms with Crippen LogP contribution in [0.1, 0.15) is 55.3 Å². The molecule has 3 aromatic rings. The highest BCUT2D eigenvalue weighted by atomic mass is 16.5. The second-order valence-corrected chi connectivity index (χ2v) is 7.69. The van der Waals surface area contributed by atoms with Gasteiger partial charge in [0.15, 0.2) is 0 Å². The van der Waals surface area contributed by atoms with E-state index in [1.54, 1.807) is 12.1 Å². The van der Waals surface area contributed by atoms with Crippen LogP contribution in [0.4, 0.5) is 0 Å². The Morgan fingerprint density at radius 2 is 1.13 bits per heavy atom. The van der Waals surface area contributed by atoms with E-state index in [9.17, 15) is 4.79 Å². The van der Waals surface area contributed by atoms with E-state index < -0.39 is 0 Å². The predicted octanol–water partition coefficient (Wildman–Crippen LogP) is 7.32. The Morgan fingerprint density at radius 1 is 0.581 bits per heavy atom. The molecule has 0 bridgehead atoms. The van der Waals surface area contributed by atoms with Crippen LogP contribution in [0.5, 0.6) is 5.75 Å². The van der Waals surface area contributed by atoms with Crippen LogP contribution in [0.2, 0.25) is 0 Å². The number of benzene rings is 3. The standard InChI is InChI=1S/C28H32O3/c29-28(25-18-10-7-11-19-25)31-23-15-5-3-1-2-4-14-22-30-27-21-13-12-20-26(27)24-16-8-6-9-17-24/h6-13,16-21H,1-5,14-15,22-23H2. The molecule has 3 rings (SSSR count). The summed E-state index contributed by atoms with van der Waals surface area (Å²) in [5.41, 5.74) is 2.96. The molecule has 0 amide bonds. The Labute approximate surface area is 186 Å². The molecule has 31 heavy (non-hydrogen) atoms. The molecule has 0 radical (unpaired) electrons. The van der Waals surface area contributed by atoms with Crippen molar-refractivity contribution in [2.75, 3.05) is 13.2 Å². The second-order valence-electron chi connectivity index (χ2n) is 7.69. The minimum absolute atomic E-state index is 0.227. The van der Waals surface area contributed by atoms with Gasteiger partial charge < -0.3 is 9.47 Å².